The first kappa shape index (κ1) is 11.4. The molecule has 0 aromatic heterocycles. The quantitative estimate of drug-likeness (QED) is 0.501. The molecule has 0 saturated heterocycles. The number of carboxylic acid groups (broad SMARTS) is 1. The van der Waals surface area contributed by atoms with Crippen LogP contribution in [0.2, 0.25) is 0 Å². The smallest absolute Gasteiger partial charge is 0.320 e. The van der Waals surface area contributed by atoms with E-state index in [1.807, 2.05) is 0 Å². The number of nitrogens with zero attached hydrogens (tertiary/aromatic N) is 1. The summed E-state index contributed by atoms with van der Waals surface area (Å²) in [6.45, 7) is 4.22. The zero-order chi connectivity index (χ0) is 9.89. The Morgan fingerprint density at radius 3 is 1.58 bits per heavy atom. The van der Waals surface area contributed by atoms with Crippen molar-refractivity contribution >= 4 is 5.97 Å². The summed E-state index contributed by atoms with van der Waals surface area (Å²) < 4.78 is 0. The number of hydrogen-bond acceptors (Lipinski definition) is 4. The van der Waals surface area contributed by atoms with E-state index < -0.39 is 24.5 Å². The van der Waals surface area contributed by atoms with Crippen molar-refractivity contribution in [2.24, 2.45) is 0 Å². The van der Waals surface area contributed by atoms with Crippen LogP contribution in [-0.4, -0.2) is 44.7 Å². The maximum atomic E-state index is 10.5. The Bertz CT molecular complexity index is 149. The molecule has 0 aromatic carbocycles. The van der Waals surface area contributed by atoms with E-state index in [1.54, 1.807) is 0 Å². The molecule has 3 N–H and O–H groups in total. The van der Waals surface area contributed by atoms with E-state index >= 15 is 0 Å². The second-order valence-corrected chi connectivity index (χ2v) is 2.73. The van der Waals surface area contributed by atoms with Crippen LogP contribution in [-0.2, 0) is 4.79 Å². The summed E-state index contributed by atoms with van der Waals surface area (Å²) in [7, 11) is 0. The number of carbonyl (C=O) groups is 1. The third-order valence-corrected chi connectivity index (χ3v) is 1.67. The van der Waals surface area contributed by atoms with Crippen molar-refractivity contribution in [1.82, 2.24) is 4.90 Å². The zero-order valence-corrected chi connectivity index (χ0v) is 7.43. The molecule has 3 atom stereocenters. The van der Waals surface area contributed by atoms with E-state index in [2.05, 4.69) is 0 Å². The standard InChI is InChI=1S/C7H15NO4/c1-4(7(11)12)8(5(2)9)6(3)10/h4-6,9-10H,1-3H3,(H,11,12). The van der Waals surface area contributed by atoms with Gasteiger partial charge in [0.25, 0.3) is 0 Å². The monoisotopic (exact) mass is 177 g/mol. The third kappa shape index (κ3) is 2.77. The number of aliphatic hydroxyl groups excluding tert-OH is 2. The lowest BCUT2D eigenvalue weighted by Gasteiger charge is -2.31. The van der Waals surface area contributed by atoms with E-state index in [-0.39, 0.29) is 0 Å². The van der Waals surface area contributed by atoms with Crippen LogP contribution < -0.4 is 0 Å². The fourth-order valence-corrected chi connectivity index (χ4v) is 1.09. The van der Waals surface area contributed by atoms with E-state index in [4.69, 9.17) is 15.3 Å². The van der Waals surface area contributed by atoms with Gasteiger partial charge in [0.15, 0.2) is 0 Å². The van der Waals surface area contributed by atoms with Crippen LogP contribution >= 0.6 is 0 Å². The predicted octanol–water partition coefficient (Wildman–Crippen LogP) is -0.562. The minimum absolute atomic E-state index is 0.898. The van der Waals surface area contributed by atoms with Gasteiger partial charge in [0, 0.05) is 0 Å². The summed E-state index contributed by atoms with van der Waals surface area (Å²) in [5.74, 6) is -1.07. The molecule has 0 aliphatic rings. The molecule has 0 spiro atoms. The number of aliphatic carboxylic acids is 1. The molecule has 72 valence electrons. The molecule has 0 amide bonds. The van der Waals surface area contributed by atoms with Crippen LogP contribution in [0.5, 0.6) is 0 Å². The normalized spacial score (nSPS) is 18.8. The topological polar surface area (TPSA) is 81.0 Å². The van der Waals surface area contributed by atoms with Crippen molar-refractivity contribution in [3.8, 4) is 0 Å². The molecule has 12 heavy (non-hydrogen) atoms. The van der Waals surface area contributed by atoms with Crippen LogP contribution in [0.1, 0.15) is 20.8 Å². The zero-order valence-electron chi connectivity index (χ0n) is 7.43. The summed E-state index contributed by atoms with van der Waals surface area (Å²) in [6, 6.07) is -0.898. The van der Waals surface area contributed by atoms with Gasteiger partial charge in [0.05, 0.1) is 0 Å². The largest absolute Gasteiger partial charge is 0.480 e. The summed E-state index contributed by atoms with van der Waals surface area (Å²) in [5, 5.41) is 26.8. The minimum atomic E-state index is -1.07. The van der Waals surface area contributed by atoms with Crippen molar-refractivity contribution in [3.05, 3.63) is 0 Å². The Hall–Kier alpha value is -0.650. The molecule has 5 heteroatoms. The van der Waals surface area contributed by atoms with Gasteiger partial charge in [0.2, 0.25) is 0 Å². The number of carboxylic acids is 1. The van der Waals surface area contributed by atoms with Gasteiger partial charge < -0.3 is 15.3 Å². The first-order chi connectivity index (χ1) is 5.37. The Balaban J connectivity index is 4.40. The maximum Gasteiger partial charge on any atom is 0.320 e. The first-order valence-electron chi connectivity index (χ1n) is 3.74. The lowest BCUT2D eigenvalue weighted by molar-refractivity contribution is -0.159. The molecule has 0 heterocycles. The molecule has 0 aliphatic heterocycles. The number of aliphatic hydroxyl groups is 2. The Kier molecular flexibility index (Phi) is 4.16. The van der Waals surface area contributed by atoms with Gasteiger partial charge in [-0.2, -0.15) is 0 Å². The highest BCUT2D eigenvalue weighted by Crippen LogP contribution is 2.07. The fourth-order valence-electron chi connectivity index (χ4n) is 1.09. The van der Waals surface area contributed by atoms with Crippen LogP contribution in [0, 0.1) is 0 Å². The van der Waals surface area contributed by atoms with Gasteiger partial charge >= 0.3 is 5.97 Å². The summed E-state index contributed by atoms with van der Waals surface area (Å²) >= 11 is 0. The highest BCUT2D eigenvalue weighted by Gasteiger charge is 2.27. The highest BCUT2D eigenvalue weighted by atomic mass is 16.4. The number of rotatable bonds is 4. The van der Waals surface area contributed by atoms with Crippen LogP contribution in [0.15, 0.2) is 0 Å². The van der Waals surface area contributed by atoms with E-state index in [0.29, 0.717) is 0 Å². The summed E-state index contributed by atoms with van der Waals surface area (Å²) in [4.78, 5) is 11.6. The second-order valence-electron chi connectivity index (χ2n) is 2.73. The molecular formula is C7H15NO4. The predicted molar refractivity (Wildman–Crippen MR) is 42.3 cm³/mol. The average molecular weight is 177 g/mol. The highest BCUT2D eigenvalue weighted by molar-refractivity contribution is 5.72. The Labute approximate surface area is 71.2 Å². The molecule has 0 aromatic rings. The van der Waals surface area contributed by atoms with Crippen molar-refractivity contribution in [2.45, 2.75) is 39.3 Å². The fraction of sp³-hybridized carbons (Fsp3) is 0.857. The van der Waals surface area contributed by atoms with E-state index in [1.165, 1.54) is 20.8 Å². The Morgan fingerprint density at radius 1 is 1.17 bits per heavy atom. The van der Waals surface area contributed by atoms with Crippen molar-refractivity contribution < 1.29 is 20.1 Å². The summed E-state index contributed by atoms with van der Waals surface area (Å²) in [6.07, 6.45) is -1.95. The van der Waals surface area contributed by atoms with Gasteiger partial charge in [-0.25, -0.2) is 4.90 Å². The number of hydrogen-bond donors (Lipinski definition) is 3. The molecule has 0 fully saturated rings. The molecule has 0 bridgehead atoms. The van der Waals surface area contributed by atoms with Gasteiger partial charge in [-0.05, 0) is 20.8 Å². The molecule has 0 rings (SSSR count). The van der Waals surface area contributed by atoms with Gasteiger partial charge in [-0.1, -0.05) is 0 Å². The minimum Gasteiger partial charge on any atom is -0.480 e. The van der Waals surface area contributed by atoms with Gasteiger partial charge in [0.1, 0.15) is 18.5 Å². The van der Waals surface area contributed by atoms with Crippen LogP contribution in [0.25, 0.3) is 0 Å². The Morgan fingerprint density at radius 2 is 1.50 bits per heavy atom. The molecule has 0 saturated carbocycles. The third-order valence-electron chi connectivity index (χ3n) is 1.67. The lowest BCUT2D eigenvalue weighted by Crippen LogP contribution is -2.49. The molecule has 3 unspecified atom stereocenters. The SMILES string of the molecule is CC(O)N(C(C)O)C(C)C(=O)O. The van der Waals surface area contributed by atoms with E-state index in [0.717, 1.165) is 4.90 Å². The molecule has 0 aliphatic carbocycles. The van der Waals surface area contributed by atoms with Crippen LogP contribution in [0.3, 0.4) is 0 Å². The van der Waals surface area contributed by atoms with Crippen molar-refractivity contribution in [1.29, 1.82) is 0 Å². The summed E-state index contributed by atoms with van der Waals surface area (Å²) in [5.41, 5.74) is 0. The first-order valence-corrected chi connectivity index (χ1v) is 3.74. The van der Waals surface area contributed by atoms with Crippen LogP contribution in [0.4, 0.5) is 0 Å². The lowest BCUT2D eigenvalue weighted by atomic mass is 10.2. The van der Waals surface area contributed by atoms with Gasteiger partial charge in [-0.3, -0.25) is 4.79 Å². The van der Waals surface area contributed by atoms with Crippen molar-refractivity contribution in [2.75, 3.05) is 0 Å². The van der Waals surface area contributed by atoms with Crippen molar-refractivity contribution in [3.63, 3.8) is 0 Å². The van der Waals surface area contributed by atoms with E-state index in [9.17, 15) is 4.79 Å². The molecular weight excluding hydrogens is 162 g/mol. The molecule has 5 nitrogen and oxygen atoms in total. The maximum absolute atomic E-state index is 10.5. The molecule has 0 radical (unpaired) electrons. The van der Waals surface area contributed by atoms with Gasteiger partial charge in [-0.15, -0.1) is 0 Å². The average Bonchev–Trinajstić information content (AvgIpc) is 1.85. The second kappa shape index (κ2) is 4.39.